The van der Waals surface area contributed by atoms with Crippen LogP contribution in [0.15, 0.2) is 52.7 Å². The van der Waals surface area contributed by atoms with Gasteiger partial charge in [0, 0.05) is 50.2 Å². The monoisotopic (exact) mass is 605 g/mol. The topological polar surface area (TPSA) is 112 Å². The number of aryl methyl sites for hydroxylation is 1. The maximum atomic E-state index is 13.2. The second-order valence-electron chi connectivity index (χ2n) is 9.49. The molecule has 0 saturated carbocycles. The first-order chi connectivity index (χ1) is 18.9. The van der Waals surface area contributed by atoms with Gasteiger partial charge in [0.25, 0.3) is 10.0 Å². The first-order valence-corrected chi connectivity index (χ1v) is 15.1. The minimum absolute atomic E-state index is 0.0467. The van der Waals surface area contributed by atoms with Gasteiger partial charge in [-0.1, -0.05) is 41.1 Å². The number of piperazine rings is 1. The number of anilines is 2. The third kappa shape index (κ3) is 7.45. The van der Waals surface area contributed by atoms with E-state index in [0.29, 0.717) is 36.8 Å². The summed E-state index contributed by atoms with van der Waals surface area (Å²) >= 11 is 6.99. The van der Waals surface area contributed by atoms with Gasteiger partial charge in [-0.3, -0.25) is 19.2 Å². The zero-order chi connectivity index (χ0) is 29.0. The van der Waals surface area contributed by atoms with Gasteiger partial charge in [0.05, 0.1) is 11.4 Å². The van der Waals surface area contributed by atoms with Crippen molar-refractivity contribution in [1.82, 2.24) is 14.8 Å². The van der Waals surface area contributed by atoms with Gasteiger partial charge in [0.15, 0.2) is 9.34 Å². The minimum atomic E-state index is -4.06. The van der Waals surface area contributed by atoms with E-state index in [9.17, 15) is 22.4 Å². The molecular weight excluding hydrogens is 577 g/mol. The van der Waals surface area contributed by atoms with E-state index in [1.165, 1.54) is 38.1 Å². The highest BCUT2D eigenvalue weighted by atomic mass is 35.5. The molecule has 212 valence electrons. The van der Waals surface area contributed by atoms with Gasteiger partial charge in [-0.15, -0.1) is 0 Å². The predicted octanol–water partition coefficient (Wildman–Crippen LogP) is 4.75. The summed E-state index contributed by atoms with van der Waals surface area (Å²) < 4.78 is 42.0. The number of aromatic nitrogens is 1. The molecule has 0 unspecified atom stereocenters. The fraction of sp³-hybridized carbons (Fsp3) is 0.296. The number of halogens is 2. The number of hydrogen-bond donors (Lipinski definition) is 2. The van der Waals surface area contributed by atoms with Crippen LogP contribution < -0.4 is 10.0 Å². The molecule has 13 heteroatoms. The quantitative estimate of drug-likeness (QED) is 0.359. The Hall–Kier alpha value is -3.32. The van der Waals surface area contributed by atoms with Crippen molar-refractivity contribution in [2.45, 2.75) is 37.6 Å². The van der Waals surface area contributed by atoms with Crippen molar-refractivity contribution in [3.63, 3.8) is 0 Å². The molecule has 1 fully saturated rings. The number of thiazole rings is 1. The highest BCUT2D eigenvalue weighted by Gasteiger charge is 2.27. The number of amides is 2. The molecule has 1 aliphatic heterocycles. The molecular formula is C27H29ClFN5O4S2. The van der Waals surface area contributed by atoms with E-state index in [0.717, 1.165) is 16.9 Å². The second-order valence-corrected chi connectivity index (χ2v) is 12.8. The van der Waals surface area contributed by atoms with Crippen LogP contribution >= 0.6 is 22.9 Å². The summed E-state index contributed by atoms with van der Waals surface area (Å²) in [6.07, 6.45) is 2.97. The van der Waals surface area contributed by atoms with Gasteiger partial charge in [0.1, 0.15) is 5.82 Å². The zero-order valence-electron chi connectivity index (χ0n) is 22.1. The van der Waals surface area contributed by atoms with E-state index in [-0.39, 0.29) is 44.4 Å². The highest BCUT2D eigenvalue weighted by molar-refractivity contribution is 7.94. The standard InChI is InChI=1S/C27H29ClFN5O4S2/c1-17-15-33(16-20-4-9-23(29)10-5-20)12-13-34(17)25(36)11-7-21-6-8-22(28)14-24(21)32-40(37,38)26-18(2)30-27(39-26)31-19(3)35/h4-11,14,17,32H,12-13,15-16H2,1-3H3,(H,30,31,35)/t17-/m1/s1. The fourth-order valence-electron chi connectivity index (χ4n) is 4.40. The SMILES string of the molecule is CC(=O)Nc1nc(C)c(S(=O)(=O)Nc2cc(Cl)ccc2C=CC(=O)N2CCN(Cc3ccc(F)cc3)C[C@H]2C)s1. The third-order valence-corrected chi connectivity index (χ3v) is 9.54. The van der Waals surface area contributed by atoms with Gasteiger partial charge in [0.2, 0.25) is 11.8 Å². The van der Waals surface area contributed by atoms with Crippen LogP contribution in [0.3, 0.4) is 0 Å². The zero-order valence-corrected chi connectivity index (χ0v) is 24.5. The molecule has 2 N–H and O–H groups in total. The van der Waals surface area contributed by atoms with Crippen molar-refractivity contribution < 1.29 is 22.4 Å². The van der Waals surface area contributed by atoms with Gasteiger partial charge in [-0.25, -0.2) is 17.8 Å². The van der Waals surface area contributed by atoms with E-state index < -0.39 is 10.0 Å². The Morgan fingerprint density at radius 1 is 1.20 bits per heavy atom. The van der Waals surface area contributed by atoms with Crippen LogP contribution in [0.1, 0.15) is 30.7 Å². The maximum absolute atomic E-state index is 13.2. The molecule has 1 atom stereocenters. The van der Waals surface area contributed by atoms with E-state index in [2.05, 4.69) is 19.9 Å². The number of carbonyl (C=O) groups excluding carboxylic acids is 2. The number of benzene rings is 2. The second kappa shape index (κ2) is 12.5. The van der Waals surface area contributed by atoms with Crippen LogP contribution in [-0.2, 0) is 26.2 Å². The summed E-state index contributed by atoms with van der Waals surface area (Å²) in [6.45, 7) is 7.34. The Morgan fingerprint density at radius 2 is 1.93 bits per heavy atom. The molecule has 2 amide bonds. The maximum Gasteiger partial charge on any atom is 0.273 e. The van der Waals surface area contributed by atoms with Crippen LogP contribution in [0, 0.1) is 12.7 Å². The molecule has 3 aromatic rings. The van der Waals surface area contributed by atoms with Crippen LogP contribution in [0.2, 0.25) is 5.02 Å². The molecule has 1 aliphatic rings. The van der Waals surface area contributed by atoms with Crippen molar-refractivity contribution in [2.24, 2.45) is 0 Å². The molecule has 0 aliphatic carbocycles. The van der Waals surface area contributed by atoms with Crippen LogP contribution in [0.25, 0.3) is 6.08 Å². The number of hydrogen-bond acceptors (Lipinski definition) is 7. The lowest BCUT2D eigenvalue weighted by Gasteiger charge is -2.39. The molecule has 40 heavy (non-hydrogen) atoms. The van der Waals surface area contributed by atoms with Gasteiger partial charge in [-0.2, -0.15) is 0 Å². The van der Waals surface area contributed by atoms with Gasteiger partial charge >= 0.3 is 0 Å². The van der Waals surface area contributed by atoms with Crippen molar-refractivity contribution in [1.29, 1.82) is 0 Å². The number of sulfonamides is 1. The Kier molecular flexibility index (Phi) is 9.24. The smallest absolute Gasteiger partial charge is 0.273 e. The third-order valence-electron chi connectivity index (χ3n) is 6.26. The van der Waals surface area contributed by atoms with Crippen molar-refractivity contribution in [3.8, 4) is 0 Å². The van der Waals surface area contributed by atoms with Crippen LogP contribution in [0.5, 0.6) is 0 Å². The average Bonchev–Trinajstić information content (AvgIpc) is 3.25. The van der Waals surface area contributed by atoms with Gasteiger partial charge in [-0.05, 0) is 55.3 Å². The summed E-state index contributed by atoms with van der Waals surface area (Å²) in [6, 6.07) is 11.0. The average molecular weight is 606 g/mol. The van der Waals surface area contributed by atoms with Gasteiger partial charge < -0.3 is 10.2 Å². The molecule has 9 nitrogen and oxygen atoms in total. The molecule has 0 bridgehead atoms. The van der Waals surface area contributed by atoms with Crippen LogP contribution in [0.4, 0.5) is 15.2 Å². The Morgan fingerprint density at radius 3 is 2.60 bits per heavy atom. The van der Waals surface area contributed by atoms with E-state index in [4.69, 9.17) is 11.6 Å². The Bertz CT molecular complexity index is 1540. The van der Waals surface area contributed by atoms with Crippen molar-refractivity contribution >= 4 is 61.7 Å². The normalized spacial score (nSPS) is 16.3. The number of carbonyl (C=O) groups is 2. The lowest BCUT2D eigenvalue weighted by molar-refractivity contribution is -0.130. The largest absolute Gasteiger partial charge is 0.334 e. The Labute approximate surface area is 241 Å². The lowest BCUT2D eigenvalue weighted by Crippen LogP contribution is -2.53. The summed E-state index contributed by atoms with van der Waals surface area (Å²) in [4.78, 5) is 32.5. The van der Waals surface area contributed by atoms with Crippen molar-refractivity contribution in [3.05, 3.63) is 76.2 Å². The molecule has 0 spiro atoms. The number of rotatable bonds is 8. The first kappa shape index (κ1) is 29.7. The predicted molar refractivity (Wildman–Crippen MR) is 155 cm³/mol. The molecule has 2 heterocycles. The molecule has 1 aromatic heterocycles. The molecule has 1 saturated heterocycles. The molecule has 4 rings (SSSR count). The summed E-state index contributed by atoms with van der Waals surface area (Å²) in [5, 5.41) is 2.98. The van der Waals surface area contributed by atoms with E-state index in [1.54, 1.807) is 35.2 Å². The fourth-order valence-corrected chi connectivity index (χ4v) is 7.11. The number of nitrogens with zero attached hydrogens (tertiary/aromatic N) is 3. The Balaban J connectivity index is 1.45. The highest BCUT2D eigenvalue weighted by Crippen LogP contribution is 2.31. The van der Waals surface area contributed by atoms with E-state index >= 15 is 0 Å². The molecule has 0 radical (unpaired) electrons. The van der Waals surface area contributed by atoms with Crippen molar-refractivity contribution in [2.75, 3.05) is 29.7 Å². The summed E-state index contributed by atoms with van der Waals surface area (Å²) in [5.41, 5.74) is 1.89. The minimum Gasteiger partial charge on any atom is -0.334 e. The first-order valence-electron chi connectivity index (χ1n) is 12.4. The van der Waals surface area contributed by atoms with E-state index in [1.807, 2.05) is 6.92 Å². The van der Waals surface area contributed by atoms with Crippen LogP contribution in [-0.4, -0.2) is 60.7 Å². The summed E-state index contributed by atoms with van der Waals surface area (Å²) in [5.74, 6) is -0.831. The lowest BCUT2D eigenvalue weighted by atomic mass is 10.1. The summed E-state index contributed by atoms with van der Waals surface area (Å²) in [7, 11) is -4.06. The molecule has 2 aromatic carbocycles. The number of nitrogens with one attached hydrogen (secondary N) is 2.